The van der Waals surface area contributed by atoms with Gasteiger partial charge in [0.25, 0.3) is 0 Å². The average molecular weight is 268 g/mol. The van der Waals surface area contributed by atoms with Crippen LogP contribution in [0.4, 0.5) is 0 Å². The summed E-state index contributed by atoms with van der Waals surface area (Å²) in [6.45, 7) is 0. The Bertz CT molecular complexity index is 682. The van der Waals surface area contributed by atoms with Gasteiger partial charge in [-0.2, -0.15) is 0 Å². The van der Waals surface area contributed by atoms with E-state index < -0.39 is 0 Å². The number of hydrogen-bond acceptors (Lipinski definition) is 2. The van der Waals surface area contributed by atoms with E-state index in [0.717, 1.165) is 28.0 Å². The fraction of sp³-hybridized carbons (Fsp3) is 0.294. The Balaban J connectivity index is 2.04. The number of para-hydroxylation sites is 1. The van der Waals surface area contributed by atoms with Crippen LogP contribution in [0.5, 0.6) is 0 Å². The minimum absolute atomic E-state index is 0.921. The average Bonchev–Trinajstić information content (AvgIpc) is 2.84. The van der Waals surface area contributed by atoms with Gasteiger partial charge in [-0.1, -0.05) is 41.8 Å². The van der Waals surface area contributed by atoms with Crippen LogP contribution in [0.25, 0.3) is 11.0 Å². The Morgan fingerprint density at radius 2 is 2.05 bits per heavy atom. The highest BCUT2D eigenvalue weighted by Gasteiger charge is 2.11. The third-order valence-corrected chi connectivity index (χ3v) is 4.05. The van der Waals surface area contributed by atoms with Crippen molar-refractivity contribution in [1.82, 2.24) is 0 Å². The number of benzene rings is 1. The van der Waals surface area contributed by atoms with Gasteiger partial charge in [-0.25, -0.2) is 0 Å². The molecule has 0 amide bonds. The zero-order chi connectivity index (χ0) is 13.1. The summed E-state index contributed by atoms with van der Waals surface area (Å²) >= 11 is 1.62. The van der Waals surface area contributed by atoms with Gasteiger partial charge in [0.2, 0.25) is 0 Å². The molecule has 0 spiro atoms. The lowest BCUT2D eigenvalue weighted by Crippen LogP contribution is -1.88. The molecule has 1 aromatic carbocycles. The zero-order valence-electron chi connectivity index (χ0n) is 11.0. The SMILES string of the molecule is CSc1oc2ccccc2c1C#CC1=CCCCC1. The summed E-state index contributed by atoms with van der Waals surface area (Å²) < 4.78 is 5.83. The first-order valence-corrected chi connectivity index (χ1v) is 7.87. The van der Waals surface area contributed by atoms with Crippen LogP contribution in [0.3, 0.4) is 0 Å². The van der Waals surface area contributed by atoms with Crippen molar-refractivity contribution in [2.24, 2.45) is 0 Å². The summed E-state index contributed by atoms with van der Waals surface area (Å²) in [4.78, 5) is 0. The van der Waals surface area contributed by atoms with Crippen molar-refractivity contribution >= 4 is 22.7 Å². The Kier molecular flexibility index (Phi) is 3.66. The van der Waals surface area contributed by atoms with Crippen molar-refractivity contribution in [2.75, 3.05) is 6.26 Å². The normalized spacial score (nSPS) is 14.9. The topological polar surface area (TPSA) is 13.1 Å². The number of rotatable bonds is 1. The number of thioether (sulfide) groups is 1. The van der Waals surface area contributed by atoms with E-state index in [2.05, 4.69) is 24.0 Å². The molecule has 1 aliphatic carbocycles. The molecule has 0 bridgehead atoms. The van der Waals surface area contributed by atoms with Gasteiger partial charge in [-0.05, 0) is 49.6 Å². The molecule has 0 N–H and O–H groups in total. The van der Waals surface area contributed by atoms with Crippen molar-refractivity contribution in [1.29, 1.82) is 0 Å². The van der Waals surface area contributed by atoms with Gasteiger partial charge >= 0.3 is 0 Å². The van der Waals surface area contributed by atoms with Gasteiger partial charge in [-0.3, -0.25) is 0 Å². The second-order valence-electron chi connectivity index (χ2n) is 4.69. The molecule has 0 saturated heterocycles. The van der Waals surface area contributed by atoms with Gasteiger partial charge in [0.05, 0.1) is 5.56 Å². The monoisotopic (exact) mass is 268 g/mol. The summed E-state index contributed by atoms with van der Waals surface area (Å²) in [5.74, 6) is 6.65. The lowest BCUT2D eigenvalue weighted by molar-refractivity contribution is 0.514. The van der Waals surface area contributed by atoms with Crippen molar-refractivity contribution in [3.8, 4) is 11.8 Å². The quantitative estimate of drug-likeness (QED) is 0.533. The molecule has 2 heteroatoms. The summed E-state index contributed by atoms with van der Waals surface area (Å²) in [5, 5.41) is 2.04. The molecule has 1 aliphatic rings. The van der Waals surface area contributed by atoms with Crippen molar-refractivity contribution in [3.63, 3.8) is 0 Å². The minimum atomic E-state index is 0.921. The number of hydrogen-bond donors (Lipinski definition) is 0. The van der Waals surface area contributed by atoms with E-state index in [1.54, 1.807) is 11.8 Å². The Morgan fingerprint density at radius 3 is 2.84 bits per heavy atom. The van der Waals surface area contributed by atoms with Crippen LogP contribution in [-0.2, 0) is 0 Å². The fourth-order valence-electron chi connectivity index (χ4n) is 2.38. The summed E-state index contributed by atoms with van der Waals surface area (Å²) in [6, 6.07) is 8.11. The zero-order valence-corrected chi connectivity index (χ0v) is 11.8. The molecule has 0 atom stereocenters. The van der Waals surface area contributed by atoms with Crippen LogP contribution in [0.15, 0.2) is 45.4 Å². The second-order valence-corrected chi connectivity index (χ2v) is 5.47. The molecule has 0 aliphatic heterocycles. The van der Waals surface area contributed by atoms with Crippen LogP contribution in [0.1, 0.15) is 31.2 Å². The molecule has 0 saturated carbocycles. The Hall–Kier alpha value is -1.59. The molecule has 1 nitrogen and oxygen atoms in total. The molecule has 0 radical (unpaired) electrons. The molecule has 1 heterocycles. The summed E-state index contributed by atoms with van der Waals surface area (Å²) in [6.07, 6.45) is 9.17. The number of furan rings is 1. The molecule has 96 valence electrons. The molecule has 3 rings (SSSR count). The fourth-order valence-corrected chi connectivity index (χ4v) is 2.92. The highest BCUT2D eigenvalue weighted by molar-refractivity contribution is 7.98. The first kappa shape index (κ1) is 12.4. The van der Waals surface area contributed by atoms with Gasteiger partial charge in [0, 0.05) is 5.39 Å². The highest BCUT2D eigenvalue weighted by atomic mass is 32.2. The van der Waals surface area contributed by atoms with Crippen LogP contribution in [0.2, 0.25) is 0 Å². The maximum Gasteiger partial charge on any atom is 0.176 e. The lowest BCUT2D eigenvalue weighted by atomic mass is 10.00. The first-order valence-electron chi connectivity index (χ1n) is 6.65. The van der Waals surface area contributed by atoms with Gasteiger partial charge in [-0.15, -0.1) is 0 Å². The van der Waals surface area contributed by atoms with Crippen molar-refractivity contribution in [3.05, 3.63) is 41.5 Å². The van der Waals surface area contributed by atoms with E-state index in [-0.39, 0.29) is 0 Å². The van der Waals surface area contributed by atoms with Gasteiger partial charge < -0.3 is 4.42 Å². The predicted molar refractivity (Wildman–Crippen MR) is 81.4 cm³/mol. The van der Waals surface area contributed by atoms with Crippen LogP contribution in [0, 0.1) is 11.8 Å². The van der Waals surface area contributed by atoms with Crippen molar-refractivity contribution < 1.29 is 4.42 Å². The van der Waals surface area contributed by atoms with E-state index in [0.29, 0.717) is 0 Å². The molecule has 19 heavy (non-hydrogen) atoms. The molecular weight excluding hydrogens is 252 g/mol. The lowest BCUT2D eigenvalue weighted by Gasteiger charge is -2.05. The van der Waals surface area contributed by atoms with Gasteiger partial charge in [0.15, 0.2) is 5.09 Å². The Labute approximate surface area is 118 Å². The second kappa shape index (κ2) is 5.59. The van der Waals surface area contributed by atoms with E-state index >= 15 is 0 Å². The van der Waals surface area contributed by atoms with Gasteiger partial charge in [0.1, 0.15) is 5.58 Å². The number of fused-ring (bicyclic) bond motifs is 1. The van der Waals surface area contributed by atoms with Crippen molar-refractivity contribution in [2.45, 2.75) is 30.8 Å². The van der Waals surface area contributed by atoms with E-state index in [9.17, 15) is 0 Å². The maximum absolute atomic E-state index is 5.83. The number of allylic oxidation sites excluding steroid dienone is 2. The predicted octanol–water partition coefficient (Wildman–Crippen LogP) is 5.01. The van der Waals surface area contributed by atoms with E-state index in [1.165, 1.54) is 24.8 Å². The third kappa shape index (κ3) is 2.57. The van der Waals surface area contributed by atoms with Crippen LogP contribution < -0.4 is 0 Å². The molecular formula is C17H16OS. The Morgan fingerprint density at radius 1 is 1.16 bits per heavy atom. The minimum Gasteiger partial charge on any atom is -0.449 e. The van der Waals surface area contributed by atoms with Crippen LogP contribution in [-0.4, -0.2) is 6.26 Å². The summed E-state index contributed by atoms with van der Waals surface area (Å²) in [5.41, 5.74) is 3.24. The summed E-state index contributed by atoms with van der Waals surface area (Å²) in [7, 11) is 0. The molecule has 1 aromatic heterocycles. The smallest absolute Gasteiger partial charge is 0.176 e. The van der Waals surface area contributed by atoms with E-state index in [4.69, 9.17) is 4.42 Å². The largest absolute Gasteiger partial charge is 0.449 e. The third-order valence-electron chi connectivity index (χ3n) is 3.39. The van der Waals surface area contributed by atoms with Crippen LogP contribution >= 0.6 is 11.8 Å². The standard InChI is InChI=1S/C17H16OS/c1-19-17-15(12-11-13-7-3-2-4-8-13)14-9-5-6-10-16(14)18-17/h5-7,9-10H,2-4,8H2,1H3. The maximum atomic E-state index is 5.83. The first-order chi connectivity index (χ1) is 9.38. The molecule has 0 unspecified atom stereocenters. The molecule has 2 aromatic rings. The highest BCUT2D eigenvalue weighted by Crippen LogP contribution is 2.31. The van der Waals surface area contributed by atoms with E-state index in [1.807, 2.05) is 24.5 Å². The molecule has 0 fully saturated rings.